The van der Waals surface area contributed by atoms with Gasteiger partial charge in [-0.25, -0.2) is 0 Å². The molecule has 0 radical (unpaired) electrons. The lowest BCUT2D eigenvalue weighted by molar-refractivity contribution is 0.371. The normalized spacial score (nSPS) is 35.7. The molecule has 1 saturated heterocycles. The van der Waals surface area contributed by atoms with E-state index in [0.29, 0.717) is 6.04 Å². The minimum Gasteiger partial charge on any atom is -0.311 e. The molecule has 0 spiro atoms. The van der Waals surface area contributed by atoms with Gasteiger partial charge in [0.25, 0.3) is 0 Å². The molecule has 0 aromatic carbocycles. The minimum atomic E-state index is 0.205. The van der Waals surface area contributed by atoms with Gasteiger partial charge in [-0.1, -0.05) is 0 Å². The summed E-state index contributed by atoms with van der Waals surface area (Å²) in [5.41, 5.74) is 0. The molecule has 4 rings (SSSR count). The first-order chi connectivity index (χ1) is 8.78. The number of nitrogens with zero attached hydrogens (tertiary/aromatic N) is 3. The van der Waals surface area contributed by atoms with Gasteiger partial charge in [0.2, 0.25) is 0 Å². The highest BCUT2D eigenvalue weighted by molar-refractivity contribution is 8.00. The van der Waals surface area contributed by atoms with Crippen molar-refractivity contribution in [2.24, 2.45) is 5.92 Å². The highest BCUT2D eigenvalue weighted by atomic mass is 32.2. The van der Waals surface area contributed by atoms with E-state index in [1.807, 2.05) is 0 Å². The monoisotopic (exact) mass is 264 g/mol. The molecular weight excluding hydrogens is 244 g/mol. The Kier molecular flexibility index (Phi) is 2.49. The first kappa shape index (κ1) is 11.3. The Bertz CT molecular complexity index is 460. The number of thioether (sulfide) groups is 1. The molecule has 3 aliphatic rings. The van der Waals surface area contributed by atoms with Crippen molar-refractivity contribution in [2.75, 3.05) is 12.3 Å². The molecule has 1 N–H and O–H groups in total. The van der Waals surface area contributed by atoms with Crippen LogP contribution >= 0.6 is 11.8 Å². The summed E-state index contributed by atoms with van der Waals surface area (Å²) in [6.45, 7) is 4.45. The quantitative estimate of drug-likeness (QED) is 0.888. The fraction of sp³-hybridized carbons (Fsp3) is 0.846. The number of rotatable bonds is 2. The van der Waals surface area contributed by atoms with Crippen LogP contribution in [0, 0.1) is 5.92 Å². The molecular formula is C13H20N4S. The van der Waals surface area contributed by atoms with Gasteiger partial charge in [0.05, 0.1) is 10.8 Å². The van der Waals surface area contributed by atoms with Crippen LogP contribution in [-0.4, -0.2) is 27.1 Å². The number of nitrogens with one attached hydrogen (secondary N) is 1. The summed E-state index contributed by atoms with van der Waals surface area (Å²) in [5, 5.41) is 12.7. The lowest BCUT2D eigenvalue weighted by Gasteiger charge is -2.28. The second-order valence-electron chi connectivity index (χ2n) is 5.99. The molecule has 18 heavy (non-hydrogen) atoms. The summed E-state index contributed by atoms with van der Waals surface area (Å²) in [5.74, 6) is 4.51. The van der Waals surface area contributed by atoms with Crippen LogP contribution in [0.3, 0.4) is 0 Å². The molecule has 98 valence electrons. The van der Waals surface area contributed by atoms with E-state index in [2.05, 4.69) is 38.8 Å². The van der Waals surface area contributed by atoms with Gasteiger partial charge in [-0.3, -0.25) is 0 Å². The zero-order chi connectivity index (χ0) is 12.2. The van der Waals surface area contributed by atoms with Gasteiger partial charge >= 0.3 is 0 Å². The zero-order valence-corrected chi connectivity index (χ0v) is 11.7. The lowest BCUT2D eigenvalue weighted by atomic mass is 10.0. The van der Waals surface area contributed by atoms with Crippen molar-refractivity contribution in [1.82, 2.24) is 20.1 Å². The minimum absolute atomic E-state index is 0.205. The Balaban J connectivity index is 1.73. The molecule has 1 aromatic rings. The number of hydrogen-bond donors (Lipinski definition) is 1. The molecule has 1 aromatic heterocycles. The summed E-state index contributed by atoms with van der Waals surface area (Å²) in [7, 11) is 0. The van der Waals surface area contributed by atoms with E-state index >= 15 is 0 Å². The second-order valence-corrected chi connectivity index (χ2v) is 7.58. The number of aromatic nitrogens is 3. The Morgan fingerprint density at radius 2 is 2.28 bits per heavy atom. The maximum atomic E-state index is 4.56. The van der Waals surface area contributed by atoms with Gasteiger partial charge < -0.3 is 9.88 Å². The van der Waals surface area contributed by atoms with Crippen molar-refractivity contribution in [2.45, 2.75) is 49.9 Å². The van der Waals surface area contributed by atoms with Crippen LogP contribution in [0.15, 0.2) is 0 Å². The molecule has 2 aliphatic heterocycles. The van der Waals surface area contributed by atoms with Crippen molar-refractivity contribution in [3.05, 3.63) is 11.6 Å². The molecule has 0 bridgehead atoms. The Morgan fingerprint density at radius 3 is 3.00 bits per heavy atom. The molecule has 5 heteroatoms. The Morgan fingerprint density at radius 1 is 1.39 bits per heavy atom. The van der Waals surface area contributed by atoms with Crippen LogP contribution in [-0.2, 0) is 11.3 Å². The topological polar surface area (TPSA) is 42.7 Å². The van der Waals surface area contributed by atoms with E-state index in [9.17, 15) is 0 Å². The Labute approximate surface area is 112 Å². The van der Waals surface area contributed by atoms with Crippen LogP contribution < -0.4 is 5.32 Å². The van der Waals surface area contributed by atoms with Gasteiger partial charge in [0, 0.05) is 13.1 Å². The molecule has 1 aliphatic carbocycles. The number of fused-ring (bicyclic) bond motifs is 1. The standard InChI is InChI=1S/C13H20N4S/c1-13(5-2-8-18-13)12-16-15-11-10(9-3-4-9)14-6-7-17(11)12/h9-10,14H,2-8H2,1H3. The predicted molar refractivity (Wildman–Crippen MR) is 72.5 cm³/mol. The predicted octanol–water partition coefficient (Wildman–Crippen LogP) is 2.07. The maximum Gasteiger partial charge on any atom is 0.150 e. The Hall–Kier alpha value is -0.550. The molecule has 4 nitrogen and oxygen atoms in total. The van der Waals surface area contributed by atoms with E-state index in [-0.39, 0.29) is 4.75 Å². The summed E-state index contributed by atoms with van der Waals surface area (Å²) in [6, 6.07) is 0.468. The van der Waals surface area contributed by atoms with Crippen LogP contribution in [0.25, 0.3) is 0 Å². The first-order valence-corrected chi connectivity index (χ1v) is 8.07. The third-order valence-corrected chi connectivity index (χ3v) is 6.06. The lowest BCUT2D eigenvalue weighted by Crippen LogP contribution is -2.36. The van der Waals surface area contributed by atoms with Crippen LogP contribution in [0.2, 0.25) is 0 Å². The van der Waals surface area contributed by atoms with Gasteiger partial charge in [0.1, 0.15) is 5.82 Å². The fourth-order valence-corrected chi connectivity index (χ4v) is 4.65. The van der Waals surface area contributed by atoms with Crippen molar-refractivity contribution in [3.8, 4) is 0 Å². The van der Waals surface area contributed by atoms with Crippen LogP contribution in [0.4, 0.5) is 0 Å². The number of hydrogen-bond acceptors (Lipinski definition) is 4. The van der Waals surface area contributed by atoms with Crippen molar-refractivity contribution in [1.29, 1.82) is 0 Å². The molecule has 2 atom stereocenters. The summed E-state index contributed by atoms with van der Waals surface area (Å²) in [4.78, 5) is 0. The van der Waals surface area contributed by atoms with E-state index in [0.717, 1.165) is 19.0 Å². The molecule has 3 heterocycles. The average molecular weight is 264 g/mol. The molecule has 2 unspecified atom stereocenters. The van der Waals surface area contributed by atoms with E-state index in [1.165, 1.54) is 43.1 Å². The third-order valence-electron chi connectivity index (χ3n) is 4.54. The van der Waals surface area contributed by atoms with Crippen molar-refractivity contribution >= 4 is 11.8 Å². The smallest absolute Gasteiger partial charge is 0.150 e. The molecule has 0 amide bonds. The van der Waals surface area contributed by atoms with E-state index in [1.54, 1.807) is 0 Å². The highest BCUT2D eigenvalue weighted by Crippen LogP contribution is 2.47. The second kappa shape index (κ2) is 3.97. The average Bonchev–Trinajstić information content (AvgIpc) is 2.97. The molecule has 2 fully saturated rings. The van der Waals surface area contributed by atoms with Crippen molar-refractivity contribution in [3.63, 3.8) is 0 Å². The maximum absolute atomic E-state index is 4.56. The third kappa shape index (κ3) is 1.63. The zero-order valence-electron chi connectivity index (χ0n) is 10.9. The van der Waals surface area contributed by atoms with Crippen LogP contribution in [0.1, 0.15) is 50.3 Å². The highest BCUT2D eigenvalue weighted by Gasteiger charge is 2.42. The van der Waals surface area contributed by atoms with Gasteiger partial charge in [-0.15, -0.1) is 22.0 Å². The summed E-state index contributed by atoms with van der Waals surface area (Å²) >= 11 is 2.06. The van der Waals surface area contributed by atoms with Gasteiger partial charge in [-0.2, -0.15) is 0 Å². The van der Waals surface area contributed by atoms with Gasteiger partial charge in [-0.05, 0) is 44.3 Å². The first-order valence-electron chi connectivity index (χ1n) is 7.09. The summed E-state index contributed by atoms with van der Waals surface area (Å²) < 4.78 is 2.62. The van der Waals surface area contributed by atoms with E-state index < -0.39 is 0 Å². The van der Waals surface area contributed by atoms with Crippen molar-refractivity contribution < 1.29 is 0 Å². The molecule has 1 saturated carbocycles. The summed E-state index contributed by atoms with van der Waals surface area (Å²) in [6.07, 6.45) is 5.27. The van der Waals surface area contributed by atoms with Gasteiger partial charge in [0.15, 0.2) is 5.82 Å². The fourth-order valence-electron chi connectivity index (χ4n) is 3.34. The van der Waals surface area contributed by atoms with Crippen LogP contribution in [0.5, 0.6) is 0 Å². The largest absolute Gasteiger partial charge is 0.311 e. The van der Waals surface area contributed by atoms with E-state index in [4.69, 9.17) is 0 Å². The SMILES string of the molecule is CC1(c2nnc3n2CCNC3C2CC2)CCCS1.